The van der Waals surface area contributed by atoms with E-state index in [2.05, 4.69) is 0 Å². The number of rotatable bonds is 5. The largest absolute Gasteiger partial charge is 0.463 e. The van der Waals surface area contributed by atoms with Gasteiger partial charge in [0.1, 0.15) is 6.04 Å². The molecule has 1 atom stereocenters. The first-order valence-corrected chi connectivity index (χ1v) is 6.63. The van der Waals surface area contributed by atoms with Crippen LogP contribution in [0, 0.1) is 10.1 Å². The lowest BCUT2D eigenvalue weighted by molar-refractivity contribution is -0.486. The third-order valence-electron chi connectivity index (χ3n) is 3.13. The summed E-state index contributed by atoms with van der Waals surface area (Å²) < 4.78 is 4.81. The quantitative estimate of drug-likeness (QED) is 0.360. The molecule has 110 valence electrons. The summed E-state index contributed by atoms with van der Waals surface area (Å²) in [5.74, 6) is -0.468. The van der Waals surface area contributed by atoms with E-state index < -0.39 is 12.0 Å². The number of carbonyl (C=O) groups excluding carboxylic acids is 1. The van der Waals surface area contributed by atoms with Crippen LogP contribution in [-0.2, 0) is 9.53 Å². The fourth-order valence-corrected chi connectivity index (χ4v) is 2.22. The van der Waals surface area contributed by atoms with Crippen LogP contribution in [0.3, 0.4) is 0 Å². The average molecular weight is 288 g/mol. The Balaban J connectivity index is 2.25. The molecule has 1 aromatic rings. The normalized spacial score (nSPS) is 16.8. The standard InChI is InChI=1S/C15H16N2O4/c1-2-21-15(18)8-10-16-9-7-12-5-3-4-6-13(12)14(16)11-17(19)20/h3-10,14H,2,11H2,1H3/b10-8+. The van der Waals surface area contributed by atoms with E-state index in [4.69, 9.17) is 4.74 Å². The van der Waals surface area contributed by atoms with Crippen LogP contribution in [0.1, 0.15) is 24.1 Å². The highest BCUT2D eigenvalue weighted by Crippen LogP contribution is 2.30. The van der Waals surface area contributed by atoms with Gasteiger partial charge in [0.05, 0.1) is 6.61 Å². The lowest BCUT2D eigenvalue weighted by atomic mass is 9.96. The zero-order valence-corrected chi connectivity index (χ0v) is 11.6. The third-order valence-corrected chi connectivity index (χ3v) is 3.13. The van der Waals surface area contributed by atoms with Crippen LogP contribution in [0.4, 0.5) is 0 Å². The molecule has 1 unspecified atom stereocenters. The first-order valence-electron chi connectivity index (χ1n) is 6.63. The van der Waals surface area contributed by atoms with Crippen LogP contribution in [0.25, 0.3) is 6.08 Å². The van der Waals surface area contributed by atoms with E-state index in [0.29, 0.717) is 6.61 Å². The number of nitrogens with zero attached hydrogens (tertiary/aromatic N) is 2. The van der Waals surface area contributed by atoms with Crippen LogP contribution < -0.4 is 0 Å². The fraction of sp³-hybridized carbons (Fsp3) is 0.267. The molecule has 1 aromatic carbocycles. The highest BCUT2D eigenvalue weighted by molar-refractivity contribution is 5.81. The molecule has 0 spiro atoms. The molecule has 0 N–H and O–H groups in total. The maximum Gasteiger partial charge on any atom is 0.332 e. The number of ether oxygens (including phenoxy) is 1. The summed E-state index contributed by atoms with van der Waals surface area (Å²) in [5, 5.41) is 10.9. The van der Waals surface area contributed by atoms with Gasteiger partial charge in [0.2, 0.25) is 6.54 Å². The second-order valence-electron chi connectivity index (χ2n) is 4.49. The zero-order valence-electron chi connectivity index (χ0n) is 11.6. The van der Waals surface area contributed by atoms with Gasteiger partial charge in [-0.3, -0.25) is 10.1 Å². The van der Waals surface area contributed by atoms with Crippen molar-refractivity contribution < 1.29 is 14.5 Å². The van der Waals surface area contributed by atoms with Gasteiger partial charge in [-0.15, -0.1) is 0 Å². The Kier molecular flexibility index (Phi) is 4.71. The van der Waals surface area contributed by atoms with Crippen molar-refractivity contribution in [3.05, 3.63) is 64.0 Å². The smallest absolute Gasteiger partial charge is 0.332 e. The van der Waals surface area contributed by atoms with E-state index >= 15 is 0 Å². The first-order chi connectivity index (χ1) is 10.1. The van der Waals surface area contributed by atoms with Crippen molar-refractivity contribution in [2.45, 2.75) is 13.0 Å². The van der Waals surface area contributed by atoms with Crippen molar-refractivity contribution in [1.29, 1.82) is 0 Å². The van der Waals surface area contributed by atoms with E-state index in [1.165, 1.54) is 12.3 Å². The molecule has 0 aromatic heterocycles. The molecule has 1 aliphatic heterocycles. The number of esters is 1. The molecule has 0 fully saturated rings. The predicted octanol–water partition coefficient (Wildman–Crippen LogP) is 2.37. The molecule has 1 heterocycles. The van der Waals surface area contributed by atoms with Crippen molar-refractivity contribution in [1.82, 2.24) is 4.90 Å². The van der Waals surface area contributed by atoms with E-state index in [1.54, 1.807) is 18.0 Å². The molecule has 0 saturated heterocycles. The minimum Gasteiger partial charge on any atom is -0.463 e. The molecule has 1 aliphatic rings. The Morgan fingerprint density at radius 2 is 2.24 bits per heavy atom. The van der Waals surface area contributed by atoms with Gasteiger partial charge in [-0.25, -0.2) is 4.79 Å². The van der Waals surface area contributed by atoms with Crippen molar-refractivity contribution in [2.75, 3.05) is 13.2 Å². The van der Waals surface area contributed by atoms with Gasteiger partial charge in [0.15, 0.2) is 0 Å². The molecule has 21 heavy (non-hydrogen) atoms. The Morgan fingerprint density at radius 3 is 2.95 bits per heavy atom. The average Bonchev–Trinajstić information content (AvgIpc) is 2.46. The van der Waals surface area contributed by atoms with E-state index in [0.717, 1.165) is 11.1 Å². The van der Waals surface area contributed by atoms with Crippen LogP contribution >= 0.6 is 0 Å². The molecule has 6 heteroatoms. The van der Waals surface area contributed by atoms with Crippen molar-refractivity contribution in [2.24, 2.45) is 0 Å². The second kappa shape index (κ2) is 6.69. The molecular formula is C15H16N2O4. The van der Waals surface area contributed by atoms with E-state index in [9.17, 15) is 14.9 Å². The van der Waals surface area contributed by atoms with Gasteiger partial charge >= 0.3 is 5.97 Å². The van der Waals surface area contributed by atoms with Crippen LogP contribution in [0.15, 0.2) is 42.7 Å². The zero-order chi connectivity index (χ0) is 15.2. The van der Waals surface area contributed by atoms with Gasteiger partial charge in [0, 0.05) is 23.4 Å². The number of carbonyl (C=O) groups is 1. The number of hydrogen-bond acceptors (Lipinski definition) is 5. The number of nitro groups is 1. The van der Waals surface area contributed by atoms with Crippen molar-refractivity contribution in [3.63, 3.8) is 0 Å². The summed E-state index contributed by atoms with van der Waals surface area (Å²) in [7, 11) is 0. The molecule has 0 saturated carbocycles. The van der Waals surface area contributed by atoms with E-state index in [1.807, 2.05) is 30.3 Å². The maximum absolute atomic E-state index is 11.4. The summed E-state index contributed by atoms with van der Waals surface area (Å²) in [4.78, 5) is 23.6. The Morgan fingerprint density at radius 1 is 1.48 bits per heavy atom. The maximum atomic E-state index is 11.4. The topological polar surface area (TPSA) is 72.7 Å². The summed E-state index contributed by atoms with van der Waals surface area (Å²) in [5.41, 5.74) is 1.82. The van der Waals surface area contributed by atoms with Crippen molar-refractivity contribution in [3.8, 4) is 0 Å². The monoisotopic (exact) mass is 288 g/mol. The molecule has 6 nitrogen and oxygen atoms in total. The van der Waals surface area contributed by atoms with Crippen LogP contribution in [0.2, 0.25) is 0 Å². The Hall–Kier alpha value is -2.63. The Labute approximate surface area is 122 Å². The molecule has 0 aliphatic carbocycles. The predicted molar refractivity (Wildman–Crippen MR) is 77.7 cm³/mol. The van der Waals surface area contributed by atoms with Gasteiger partial charge in [-0.2, -0.15) is 0 Å². The summed E-state index contributed by atoms with van der Waals surface area (Å²) in [6.45, 7) is 1.77. The summed E-state index contributed by atoms with van der Waals surface area (Å²) in [6.07, 6.45) is 6.38. The highest BCUT2D eigenvalue weighted by atomic mass is 16.6. The lowest BCUT2D eigenvalue weighted by Gasteiger charge is -2.29. The van der Waals surface area contributed by atoms with Crippen molar-refractivity contribution >= 4 is 12.0 Å². The Bertz CT molecular complexity index is 595. The second-order valence-corrected chi connectivity index (χ2v) is 4.49. The highest BCUT2D eigenvalue weighted by Gasteiger charge is 2.26. The molecular weight excluding hydrogens is 272 g/mol. The minimum absolute atomic E-state index is 0.242. The van der Waals surface area contributed by atoms with E-state index in [-0.39, 0.29) is 11.5 Å². The number of benzene rings is 1. The molecule has 0 bridgehead atoms. The third kappa shape index (κ3) is 3.68. The fourth-order valence-electron chi connectivity index (χ4n) is 2.22. The summed E-state index contributed by atoms with van der Waals surface area (Å²) in [6, 6.07) is 7.06. The van der Waals surface area contributed by atoms with Gasteiger partial charge < -0.3 is 9.64 Å². The van der Waals surface area contributed by atoms with Gasteiger partial charge in [0.25, 0.3) is 0 Å². The van der Waals surface area contributed by atoms with Gasteiger partial charge in [-0.05, 0) is 24.1 Å². The van der Waals surface area contributed by atoms with Crippen LogP contribution in [-0.4, -0.2) is 28.9 Å². The number of fused-ring (bicyclic) bond motifs is 1. The molecule has 0 amide bonds. The number of hydrogen-bond donors (Lipinski definition) is 0. The van der Waals surface area contributed by atoms with Crippen LogP contribution in [0.5, 0.6) is 0 Å². The van der Waals surface area contributed by atoms with Gasteiger partial charge in [-0.1, -0.05) is 24.3 Å². The lowest BCUT2D eigenvalue weighted by Crippen LogP contribution is -2.28. The minimum atomic E-state index is -0.468. The first kappa shape index (κ1) is 14.8. The molecule has 2 rings (SSSR count). The molecule has 0 radical (unpaired) electrons. The SMILES string of the molecule is CCOC(=O)/C=C/N1C=Cc2ccccc2C1C[N+](=O)[O-]. The summed E-state index contributed by atoms with van der Waals surface area (Å²) >= 11 is 0.